The zero-order chi connectivity index (χ0) is 14.7. The molecule has 1 heterocycles. The van der Waals surface area contributed by atoms with Crippen molar-refractivity contribution >= 4 is 44.4 Å². The first-order valence-electron chi connectivity index (χ1n) is 6.48. The summed E-state index contributed by atoms with van der Waals surface area (Å²) in [4.78, 5) is 4.54. The lowest BCUT2D eigenvalue weighted by molar-refractivity contribution is 0.325. The van der Waals surface area contributed by atoms with Gasteiger partial charge >= 0.3 is 0 Å². The molecule has 0 atom stereocenters. The van der Waals surface area contributed by atoms with Crippen LogP contribution in [0.5, 0.6) is 17.2 Å². The van der Waals surface area contributed by atoms with Crippen LogP contribution in [0.25, 0.3) is 10.2 Å². The van der Waals surface area contributed by atoms with E-state index in [-0.39, 0.29) is 0 Å². The number of nitrogens with zero attached hydrogens (tertiary/aromatic N) is 1. The highest BCUT2D eigenvalue weighted by Gasteiger charge is 2.24. The lowest BCUT2D eigenvalue weighted by atomic mass is 10.1. The van der Waals surface area contributed by atoms with Crippen molar-refractivity contribution < 1.29 is 14.2 Å². The van der Waals surface area contributed by atoms with Crippen LogP contribution in [0.3, 0.4) is 0 Å². The van der Waals surface area contributed by atoms with Gasteiger partial charge in [0.05, 0.1) is 26.8 Å². The number of hydrogen-bond donors (Lipinski definition) is 1. The van der Waals surface area contributed by atoms with Crippen molar-refractivity contribution in [3.05, 3.63) is 5.56 Å². The summed E-state index contributed by atoms with van der Waals surface area (Å²) in [7, 11) is 6.12. The van der Waals surface area contributed by atoms with Crippen LogP contribution in [-0.4, -0.2) is 36.6 Å². The number of benzene rings is 1. The van der Waals surface area contributed by atoms with E-state index in [9.17, 15) is 0 Å². The lowest BCUT2D eigenvalue weighted by Gasteiger charge is -2.16. The molecule has 0 spiro atoms. The summed E-state index contributed by atoms with van der Waals surface area (Å²) in [5.41, 5.74) is 2.01. The number of thiazole rings is 1. The second-order valence-electron chi connectivity index (χ2n) is 4.36. The Bertz CT molecular complexity index is 615. The summed E-state index contributed by atoms with van der Waals surface area (Å²) in [6, 6.07) is 1.25. The topological polar surface area (TPSA) is 40.6 Å². The second kappa shape index (κ2) is 6.69. The molecule has 4 nitrogen and oxygen atoms in total. The number of thiol groups is 1. The third-order valence-corrected chi connectivity index (χ3v) is 5.12. The Morgan fingerprint density at radius 1 is 1.10 bits per heavy atom. The summed E-state index contributed by atoms with van der Waals surface area (Å²) in [5, 5.41) is 0. The Morgan fingerprint density at radius 3 is 2.30 bits per heavy atom. The van der Waals surface area contributed by atoms with Gasteiger partial charge in [0.1, 0.15) is 9.04 Å². The highest BCUT2D eigenvalue weighted by atomic mass is 32.2. The minimum absolute atomic E-state index is 0.642. The van der Waals surface area contributed by atoms with Gasteiger partial charge in [0.25, 0.3) is 0 Å². The van der Waals surface area contributed by atoms with Crippen LogP contribution < -0.4 is 14.2 Å². The van der Waals surface area contributed by atoms with Crippen molar-refractivity contribution in [1.82, 2.24) is 4.98 Å². The van der Waals surface area contributed by atoms with Gasteiger partial charge in [-0.25, -0.2) is 4.98 Å². The molecule has 0 aliphatic heterocycles. The molecule has 0 aliphatic rings. The standard InChI is InChI=1S/C13H19NO3S2Si/c1-15-9-7(5-4-6-20)8-12(19-13(18)14-8)11(17-3)10(9)16-2/h4-6H2,1-3,20H3,(H,14,18). The van der Waals surface area contributed by atoms with Crippen molar-refractivity contribution in [1.29, 1.82) is 0 Å². The molecule has 2 aromatic rings. The summed E-state index contributed by atoms with van der Waals surface area (Å²) in [6.07, 6.45) is 2.06. The molecule has 0 unspecified atom stereocenters. The van der Waals surface area contributed by atoms with Gasteiger partial charge in [-0.1, -0.05) is 12.5 Å². The largest absolute Gasteiger partial charge is 0.492 e. The first-order chi connectivity index (χ1) is 9.67. The minimum Gasteiger partial charge on any atom is -0.492 e. The quantitative estimate of drug-likeness (QED) is 0.652. The molecule has 0 bridgehead atoms. The summed E-state index contributed by atoms with van der Waals surface area (Å²) >= 11 is 5.87. The van der Waals surface area contributed by atoms with Gasteiger partial charge in [-0.2, -0.15) is 0 Å². The number of ether oxygens (including phenoxy) is 3. The molecule has 0 N–H and O–H groups in total. The maximum absolute atomic E-state index is 5.57. The van der Waals surface area contributed by atoms with Crippen molar-refractivity contribution in [2.75, 3.05) is 21.3 Å². The van der Waals surface area contributed by atoms with Crippen molar-refractivity contribution in [2.45, 2.75) is 23.2 Å². The molecule has 0 fully saturated rings. The number of fused-ring (bicyclic) bond motifs is 1. The molecule has 110 valence electrons. The van der Waals surface area contributed by atoms with E-state index in [1.165, 1.54) is 27.6 Å². The van der Waals surface area contributed by atoms with E-state index in [1.807, 2.05) is 0 Å². The van der Waals surface area contributed by atoms with Gasteiger partial charge in [0.15, 0.2) is 11.5 Å². The molecule has 0 aliphatic carbocycles. The van der Waals surface area contributed by atoms with Gasteiger partial charge in [-0.05, 0) is 6.42 Å². The average Bonchev–Trinajstić information content (AvgIpc) is 2.84. The third kappa shape index (κ3) is 2.62. The number of rotatable bonds is 6. The van der Waals surface area contributed by atoms with E-state index in [1.54, 1.807) is 21.3 Å². The van der Waals surface area contributed by atoms with E-state index >= 15 is 0 Å². The minimum atomic E-state index is 0.642. The van der Waals surface area contributed by atoms with Gasteiger partial charge in [-0.15, -0.1) is 24.0 Å². The van der Waals surface area contributed by atoms with Crippen LogP contribution in [-0.2, 0) is 6.42 Å². The van der Waals surface area contributed by atoms with Gasteiger partial charge in [-0.3, -0.25) is 0 Å². The van der Waals surface area contributed by atoms with E-state index in [0.717, 1.165) is 38.7 Å². The predicted octanol–water partition coefficient (Wildman–Crippen LogP) is 2.33. The summed E-state index contributed by atoms with van der Waals surface area (Å²) < 4.78 is 18.3. The van der Waals surface area contributed by atoms with Crippen molar-refractivity contribution in [3.8, 4) is 17.2 Å². The van der Waals surface area contributed by atoms with Gasteiger partial charge < -0.3 is 14.2 Å². The molecular formula is C13H19NO3S2Si. The number of aryl methyl sites for hydroxylation is 1. The normalized spacial score (nSPS) is 11.0. The Labute approximate surface area is 131 Å². The molecule has 0 amide bonds. The molecule has 1 aromatic heterocycles. The van der Waals surface area contributed by atoms with Crippen LogP contribution in [0, 0.1) is 0 Å². The molecule has 7 heteroatoms. The molecule has 1 aromatic carbocycles. The Hall–Kier alpha value is -0.923. The number of methoxy groups -OCH3 is 3. The zero-order valence-electron chi connectivity index (χ0n) is 12.1. The van der Waals surface area contributed by atoms with Crippen LogP contribution >= 0.6 is 24.0 Å². The molecule has 0 saturated carbocycles. The maximum atomic E-state index is 5.57. The highest BCUT2D eigenvalue weighted by molar-refractivity contribution is 7.83. The number of aromatic nitrogens is 1. The molecule has 0 saturated heterocycles. The van der Waals surface area contributed by atoms with Crippen LogP contribution in [0.15, 0.2) is 4.34 Å². The zero-order valence-corrected chi connectivity index (χ0v) is 15.9. The van der Waals surface area contributed by atoms with Crippen LogP contribution in [0.1, 0.15) is 12.0 Å². The monoisotopic (exact) mass is 329 g/mol. The van der Waals surface area contributed by atoms with Crippen LogP contribution in [0.4, 0.5) is 0 Å². The van der Waals surface area contributed by atoms with E-state index in [0.29, 0.717) is 11.5 Å². The SMILES string of the molecule is COc1c(OC)c(OC)c2sc(S)nc2c1CCC[SiH3]. The smallest absolute Gasteiger partial charge is 0.205 e. The van der Waals surface area contributed by atoms with Crippen LogP contribution in [0.2, 0.25) is 6.04 Å². The van der Waals surface area contributed by atoms with Crippen molar-refractivity contribution in [3.63, 3.8) is 0 Å². The molecule has 2 rings (SSSR count). The summed E-state index contributed by atoms with van der Waals surface area (Å²) in [5.74, 6) is 2.04. The maximum Gasteiger partial charge on any atom is 0.205 e. The lowest BCUT2D eigenvalue weighted by Crippen LogP contribution is -2.00. The van der Waals surface area contributed by atoms with Gasteiger partial charge in [0, 0.05) is 15.8 Å². The number of hydrogen-bond acceptors (Lipinski definition) is 6. The molecule has 20 heavy (non-hydrogen) atoms. The van der Waals surface area contributed by atoms with E-state index in [2.05, 4.69) is 17.6 Å². The van der Waals surface area contributed by atoms with E-state index < -0.39 is 0 Å². The predicted molar refractivity (Wildman–Crippen MR) is 89.6 cm³/mol. The average molecular weight is 330 g/mol. The fraction of sp³-hybridized carbons (Fsp3) is 0.462. The molecular weight excluding hydrogens is 310 g/mol. The van der Waals surface area contributed by atoms with E-state index in [4.69, 9.17) is 14.2 Å². The van der Waals surface area contributed by atoms with Crippen molar-refractivity contribution in [2.24, 2.45) is 0 Å². The Kier molecular flexibility index (Phi) is 5.17. The van der Waals surface area contributed by atoms with Gasteiger partial charge in [0.2, 0.25) is 5.75 Å². The Morgan fingerprint density at radius 2 is 1.75 bits per heavy atom. The highest BCUT2D eigenvalue weighted by Crippen LogP contribution is 2.49. The Balaban J connectivity index is 2.78. The fourth-order valence-electron chi connectivity index (χ4n) is 2.29. The molecule has 0 radical (unpaired) electrons. The summed E-state index contributed by atoms with van der Waals surface area (Å²) in [6.45, 7) is 0. The second-order valence-corrected chi connectivity index (χ2v) is 7.08. The fourth-order valence-corrected chi connectivity index (χ4v) is 3.87. The first-order valence-corrected chi connectivity index (χ1v) is 9.15. The first kappa shape index (κ1) is 15.5. The third-order valence-electron chi connectivity index (χ3n) is 3.19.